The van der Waals surface area contributed by atoms with E-state index in [0.717, 1.165) is 12.8 Å². The van der Waals surface area contributed by atoms with Crippen molar-refractivity contribution in [3.8, 4) is 0 Å². The smallest absolute Gasteiger partial charge is 0.00240 e. The van der Waals surface area contributed by atoms with Crippen molar-refractivity contribution in [2.45, 2.75) is 25.7 Å². The summed E-state index contributed by atoms with van der Waals surface area (Å²) in [5.74, 6) is 0. The van der Waals surface area contributed by atoms with Crippen LogP contribution in [-0.2, 0) is 6.42 Å². The van der Waals surface area contributed by atoms with Crippen LogP contribution in [0.1, 0.15) is 24.8 Å². The van der Waals surface area contributed by atoms with Gasteiger partial charge in [-0.3, -0.25) is 0 Å². The summed E-state index contributed by atoms with van der Waals surface area (Å²) in [5.41, 5.74) is 1.49. The topological polar surface area (TPSA) is 0 Å². The number of benzene rings is 4. The molecule has 0 spiro atoms. The summed E-state index contributed by atoms with van der Waals surface area (Å²) >= 11 is 0. The molecule has 0 nitrogen and oxygen atoms in total. The molecule has 1 radical (unpaired) electrons. The Kier molecular flexibility index (Phi) is 3.03. The first-order valence-corrected chi connectivity index (χ1v) is 7.83. The van der Waals surface area contributed by atoms with Gasteiger partial charge in [0.15, 0.2) is 0 Å². The molecule has 4 aromatic carbocycles. The first-order chi connectivity index (χ1) is 10.4. The highest BCUT2D eigenvalue weighted by atomic mass is 14.1. The van der Waals surface area contributed by atoms with E-state index in [1.807, 2.05) is 0 Å². The van der Waals surface area contributed by atoms with Gasteiger partial charge in [-0.1, -0.05) is 74.4 Å². The van der Waals surface area contributed by atoms with Crippen molar-refractivity contribution in [2.24, 2.45) is 0 Å². The lowest BCUT2D eigenvalue weighted by Gasteiger charge is -2.14. The Morgan fingerprint density at radius 1 is 0.714 bits per heavy atom. The van der Waals surface area contributed by atoms with E-state index in [4.69, 9.17) is 0 Å². The lowest BCUT2D eigenvalue weighted by atomic mass is 9.90. The molecular formula is C21H19. The third kappa shape index (κ3) is 1.98. The van der Waals surface area contributed by atoms with Crippen LogP contribution < -0.4 is 0 Å². The summed E-state index contributed by atoms with van der Waals surface area (Å²) in [6.45, 7) is 3.95. The van der Waals surface area contributed by atoms with E-state index in [1.165, 1.54) is 50.7 Å². The van der Waals surface area contributed by atoms with Crippen LogP contribution in [0.2, 0.25) is 0 Å². The SMILES string of the molecule is [CH2]CCCCc1cc2cccc3ccc4cccc1c4c32. The average Bonchev–Trinajstić information content (AvgIpc) is 2.53. The number of unbranched alkanes of at least 4 members (excludes halogenated alkanes) is 2. The number of hydrogen-bond acceptors (Lipinski definition) is 0. The third-order valence-electron chi connectivity index (χ3n) is 4.54. The van der Waals surface area contributed by atoms with Crippen LogP contribution in [0.15, 0.2) is 54.6 Å². The van der Waals surface area contributed by atoms with Gasteiger partial charge in [0, 0.05) is 0 Å². The Morgan fingerprint density at radius 3 is 2.24 bits per heavy atom. The van der Waals surface area contributed by atoms with Crippen molar-refractivity contribution in [1.82, 2.24) is 0 Å². The van der Waals surface area contributed by atoms with Gasteiger partial charge >= 0.3 is 0 Å². The quantitative estimate of drug-likeness (QED) is 0.309. The van der Waals surface area contributed by atoms with E-state index in [2.05, 4.69) is 61.5 Å². The molecule has 0 heterocycles. The average molecular weight is 271 g/mol. The lowest BCUT2D eigenvalue weighted by Crippen LogP contribution is -1.91. The minimum Gasteiger partial charge on any atom is -0.0610 e. The fourth-order valence-corrected chi connectivity index (χ4v) is 3.54. The van der Waals surface area contributed by atoms with Gasteiger partial charge in [-0.2, -0.15) is 0 Å². The molecule has 0 fully saturated rings. The number of rotatable bonds is 4. The Morgan fingerprint density at radius 2 is 1.43 bits per heavy atom. The summed E-state index contributed by atoms with van der Waals surface area (Å²) in [6.07, 6.45) is 4.62. The molecule has 0 saturated heterocycles. The predicted molar refractivity (Wildman–Crippen MR) is 93.1 cm³/mol. The largest absolute Gasteiger partial charge is 0.0610 e. The number of hydrogen-bond donors (Lipinski definition) is 0. The molecule has 4 aromatic rings. The maximum atomic E-state index is 3.95. The summed E-state index contributed by atoms with van der Waals surface area (Å²) in [5, 5.41) is 8.38. The Balaban J connectivity index is 2.05. The minimum absolute atomic E-state index is 1.03. The fraction of sp³-hybridized carbons (Fsp3) is 0.190. The van der Waals surface area contributed by atoms with Crippen molar-refractivity contribution in [3.63, 3.8) is 0 Å². The molecule has 103 valence electrons. The highest BCUT2D eigenvalue weighted by molar-refractivity contribution is 6.23. The minimum atomic E-state index is 1.03. The first kappa shape index (κ1) is 12.6. The van der Waals surface area contributed by atoms with Gasteiger partial charge in [0.05, 0.1) is 0 Å². The summed E-state index contributed by atoms with van der Waals surface area (Å²) < 4.78 is 0. The predicted octanol–water partition coefficient (Wildman–Crippen LogP) is 6.13. The molecule has 4 rings (SSSR count). The fourth-order valence-electron chi connectivity index (χ4n) is 3.54. The standard InChI is InChI=1S/C21H19/c1-2-3-4-7-17-14-18-10-5-8-15-12-13-16-9-6-11-19(17)21(16)20(15)18/h5-6,8-14H,1-4,7H2. The van der Waals surface area contributed by atoms with Gasteiger partial charge in [0.2, 0.25) is 0 Å². The molecule has 0 saturated carbocycles. The summed E-state index contributed by atoms with van der Waals surface area (Å²) in [7, 11) is 0. The van der Waals surface area contributed by atoms with E-state index in [9.17, 15) is 0 Å². The highest BCUT2D eigenvalue weighted by Crippen LogP contribution is 2.36. The van der Waals surface area contributed by atoms with Gasteiger partial charge < -0.3 is 0 Å². The first-order valence-electron chi connectivity index (χ1n) is 7.83. The molecule has 0 aliphatic carbocycles. The molecule has 0 N–H and O–H groups in total. The molecule has 0 aliphatic heterocycles. The zero-order valence-electron chi connectivity index (χ0n) is 12.2. The highest BCUT2D eigenvalue weighted by Gasteiger charge is 2.10. The van der Waals surface area contributed by atoms with E-state index in [0.29, 0.717) is 0 Å². The van der Waals surface area contributed by atoms with E-state index in [1.54, 1.807) is 0 Å². The maximum absolute atomic E-state index is 3.95. The molecule has 0 atom stereocenters. The van der Waals surface area contributed by atoms with Crippen LogP contribution in [0.4, 0.5) is 0 Å². The second-order valence-electron chi connectivity index (χ2n) is 5.89. The maximum Gasteiger partial charge on any atom is -0.00240 e. The van der Waals surface area contributed by atoms with E-state index in [-0.39, 0.29) is 0 Å². The van der Waals surface area contributed by atoms with Crippen molar-refractivity contribution in [2.75, 3.05) is 0 Å². The van der Waals surface area contributed by atoms with E-state index >= 15 is 0 Å². The molecule has 0 unspecified atom stereocenters. The van der Waals surface area contributed by atoms with Crippen molar-refractivity contribution >= 4 is 32.3 Å². The summed E-state index contributed by atoms with van der Waals surface area (Å²) in [4.78, 5) is 0. The van der Waals surface area contributed by atoms with Crippen LogP contribution in [0.3, 0.4) is 0 Å². The Bertz CT molecular complexity index is 902. The lowest BCUT2D eigenvalue weighted by molar-refractivity contribution is 0.749. The van der Waals surface area contributed by atoms with Gasteiger partial charge in [-0.15, -0.1) is 0 Å². The second kappa shape index (κ2) is 5.04. The molecule has 0 aliphatic rings. The molecule has 21 heavy (non-hydrogen) atoms. The van der Waals surface area contributed by atoms with Gasteiger partial charge in [0.1, 0.15) is 0 Å². The normalized spacial score (nSPS) is 11.9. The van der Waals surface area contributed by atoms with Gasteiger partial charge in [-0.05, 0) is 50.7 Å². The van der Waals surface area contributed by atoms with Crippen molar-refractivity contribution in [1.29, 1.82) is 0 Å². The van der Waals surface area contributed by atoms with Crippen LogP contribution >= 0.6 is 0 Å². The van der Waals surface area contributed by atoms with Gasteiger partial charge in [0.25, 0.3) is 0 Å². The van der Waals surface area contributed by atoms with Gasteiger partial charge in [-0.25, -0.2) is 0 Å². The number of aryl methyl sites for hydroxylation is 1. The van der Waals surface area contributed by atoms with Crippen LogP contribution in [0, 0.1) is 6.92 Å². The molecule has 0 bridgehead atoms. The third-order valence-corrected chi connectivity index (χ3v) is 4.54. The molecule has 0 aromatic heterocycles. The van der Waals surface area contributed by atoms with Crippen LogP contribution in [-0.4, -0.2) is 0 Å². The van der Waals surface area contributed by atoms with Crippen molar-refractivity contribution in [3.05, 3.63) is 67.1 Å². The molecular weight excluding hydrogens is 252 g/mol. The van der Waals surface area contributed by atoms with E-state index < -0.39 is 0 Å². The Labute approximate surface area is 125 Å². The van der Waals surface area contributed by atoms with Crippen molar-refractivity contribution < 1.29 is 0 Å². The molecule has 0 heteroatoms. The zero-order chi connectivity index (χ0) is 14.2. The second-order valence-corrected chi connectivity index (χ2v) is 5.89. The van der Waals surface area contributed by atoms with Crippen LogP contribution in [0.5, 0.6) is 0 Å². The monoisotopic (exact) mass is 271 g/mol. The van der Waals surface area contributed by atoms with Crippen LogP contribution in [0.25, 0.3) is 32.3 Å². The Hall–Kier alpha value is -2.08. The summed E-state index contributed by atoms with van der Waals surface area (Å²) in [6, 6.07) is 20.2. The molecule has 0 amide bonds. The zero-order valence-corrected chi connectivity index (χ0v) is 12.2.